The van der Waals surface area contributed by atoms with Gasteiger partial charge in [0, 0.05) is 50.4 Å². The Morgan fingerprint density at radius 3 is 1.85 bits per heavy atom. The molecule has 6 rings (SSSR count). The van der Waals surface area contributed by atoms with E-state index < -0.39 is 11.6 Å². The lowest BCUT2D eigenvalue weighted by Crippen LogP contribution is -2.55. The van der Waals surface area contributed by atoms with Gasteiger partial charge in [-0.15, -0.1) is 0 Å². The molecular weight excluding hydrogens is 608 g/mol. The highest BCUT2D eigenvalue weighted by Gasteiger charge is 2.51. The molecule has 4 fully saturated rings. The van der Waals surface area contributed by atoms with Crippen molar-refractivity contribution in [1.29, 1.82) is 0 Å². The van der Waals surface area contributed by atoms with Gasteiger partial charge in [0.05, 0.1) is 50.0 Å². The Hall–Kier alpha value is -1.29. The number of aliphatic hydroxyl groups is 1. The molecule has 0 aromatic rings. The second kappa shape index (κ2) is 17.3. The van der Waals surface area contributed by atoms with Crippen LogP contribution in [-0.2, 0) is 33.2 Å². The molecule has 274 valence electrons. The lowest BCUT2D eigenvalue weighted by atomic mass is 9.72. The van der Waals surface area contributed by atoms with Crippen LogP contribution in [0, 0.1) is 35.5 Å². The van der Waals surface area contributed by atoms with Crippen LogP contribution in [0.1, 0.15) is 125 Å². The van der Waals surface area contributed by atoms with Gasteiger partial charge in [-0.1, -0.05) is 66.5 Å². The van der Waals surface area contributed by atoms with Gasteiger partial charge >= 0.3 is 0 Å². The van der Waals surface area contributed by atoms with Crippen molar-refractivity contribution in [3.63, 3.8) is 0 Å². The molecule has 48 heavy (non-hydrogen) atoms. The Morgan fingerprint density at radius 1 is 0.771 bits per heavy atom. The van der Waals surface area contributed by atoms with Crippen molar-refractivity contribution < 1.29 is 38.3 Å². The smallest absolute Gasteiger partial charge is 0.171 e. The molecule has 0 radical (unpaired) electrons. The van der Waals surface area contributed by atoms with Gasteiger partial charge in [0.25, 0.3) is 0 Å². The Labute approximate surface area is 290 Å². The number of ether oxygens (including phenoxy) is 6. The third kappa shape index (κ3) is 9.73. The molecule has 0 bridgehead atoms. The lowest BCUT2D eigenvalue weighted by Gasteiger charge is -2.51. The summed E-state index contributed by atoms with van der Waals surface area (Å²) < 4.78 is 37.5. The van der Waals surface area contributed by atoms with Crippen LogP contribution in [0.4, 0.5) is 0 Å². The molecule has 4 aliphatic heterocycles. The Balaban J connectivity index is 0.000000188. The predicted molar refractivity (Wildman–Crippen MR) is 186 cm³/mol. The minimum absolute atomic E-state index is 0.0497. The summed E-state index contributed by atoms with van der Waals surface area (Å²) in [4.78, 5) is 10.7. The fraction of sp³-hybridized carbons (Fsp3) is 0.875. The molecule has 4 heterocycles. The molecule has 2 saturated carbocycles. The maximum atomic E-state index is 10.7. The van der Waals surface area contributed by atoms with Gasteiger partial charge in [-0.25, -0.2) is 0 Å². The maximum Gasteiger partial charge on any atom is 0.171 e. The van der Waals surface area contributed by atoms with Crippen molar-refractivity contribution in [3.8, 4) is 0 Å². The molecule has 8 heteroatoms. The molecule has 8 nitrogen and oxygen atoms in total. The van der Waals surface area contributed by atoms with Crippen LogP contribution in [0.3, 0.4) is 0 Å². The highest BCUT2D eigenvalue weighted by atomic mass is 16.7. The summed E-state index contributed by atoms with van der Waals surface area (Å²) in [5.41, 5.74) is 0. The average molecular weight is 675 g/mol. The highest BCUT2D eigenvalue weighted by Crippen LogP contribution is 2.48. The van der Waals surface area contributed by atoms with Crippen LogP contribution >= 0.6 is 0 Å². The Kier molecular flexibility index (Phi) is 13.7. The van der Waals surface area contributed by atoms with E-state index in [-0.39, 0.29) is 36.6 Å². The lowest BCUT2D eigenvalue weighted by molar-refractivity contribution is -0.341. The molecule has 3 unspecified atom stereocenters. The summed E-state index contributed by atoms with van der Waals surface area (Å²) in [6.45, 7) is 15.3. The maximum absolute atomic E-state index is 10.7. The Bertz CT molecular complexity index is 1060. The summed E-state index contributed by atoms with van der Waals surface area (Å²) >= 11 is 0. The number of aldehydes is 1. The summed E-state index contributed by atoms with van der Waals surface area (Å²) in [5.74, 6) is 2.58. The Morgan fingerprint density at radius 2 is 1.33 bits per heavy atom. The molecule has 0 aromatic carbocycles. The van der Waals surface area contributed by atoms with Gasteiger partial charge in [0.15, 0.2) is 11.6 Å². The minimum Gasteiger partial charge on any atom is -0.498 e. The number of hydrogen-bond acceptors (Lipinski definition) is 8. The summed E-state index contributed by atoms with van der Waals surface area (Å²) in [5, 5.41) is 9.77. The number of hydrogen-bond donors (Lipinski definition) is 1. The first kappa shape index (κ1) is 38.0. The molecule has 0 aromatic heterocycles. The largest absolute Gasteiger partial charge is 0.498 e. The van der Waals surface area contributed by atoms with Crippen LogP contribution in [0.2, 0.25) is 0 Å². The van der Waals surface area contributed by atoms with Gasteiger partial charge < -0.3 is 38.3 Å². The zero-order valence-corrected chi connectivity index (χ0v) is 30.7. The predicted octanol–water partition coefficient (Wildman–Crippen LogP) is 7.91. The van der Waals surface area contributed by atoms with Crippen LogP contribution in [0.15, 0.2) is 24.5 Å². The topological polar surface area (TPSA) is 92.7 Å². The van der Waals surface area contributed by atoms with Gasteiger partial charge in [-0.05, 0) is 61.9 Å². The molecule has 0 amide bonds. The third-order valence-electron chi connectivity index (χ3n) is 11.8. The summed E-state index contributed by atoms with van der Waals surface area (Å²) in [6.07, 6.45) is 21.1. The van der Waals surface area contributed by atoms with E-state index in [0.29, 0.717) is 48.3 Å². The fourth-order valence-electron chi connectivity index (χ4n) is 9.44. The van der Waals surface area contributed by atoms with Crippen LogP contribution < -0.4 is 0 Å². The van der Waals surface area contributed by atoms with E-state index in [1.807, 2.05) is 6.08 Å². The van der Waals surface area contributed by atoms with E-state index in [1.54, 1.807) is 12.3 Å². The van der Waals surface area contributed by atoms with Crippen molar-refractivity contribution in [3.05, 3.63) is 24.5 Å². The van der Waals surface area contributed by atoms with Gasteiger partial charge in [0.1, 0.15) is 12.4 Å². The zero-order chi connectivity index (χ0) is 34.3. The van der Waals surface area contributed by atoms with E-state index in [2.05, 4.69) is 47.6 Å². The standard InChI is InChI=1S/C21H34O4.C19H32O4/c1-15(2)20-8-7-16(3)14-21(20)23-12-10-19(25-21)13-18-6-4-5-17(24-18)9-11-22;1-13(2)18-5-4-14(3)12-19(18)22-9-7-16(23-19)11-17-10-15(20)6-8-21-17/h4-5,11,15-20H,6-10,12-14H2,1-3H3;6,8,13-18,20H,4-5,7,9-12H2,1-3H3/t16-,17+,18-,19+,20+,21?;14-,15?,16+,17-,18+,19?/m11/s1. The molecule has 12 atom stereocenters. The van der Waals surface area contributed by atoms with E-state index in [9.17, 15) is 9.90 Å². The van der Waals surface area contributed by atoms with E-state index in [1.165, 1.54) is 25.7 Å². The summed E-state index contributed by atoms with van der Waals surface area (Å²) in [6, 6.07) is 0. The second-order valence-electron chi connectivity index (χ2n) is 16.6. The number of rotatable bonds is 8. The van der Waals surface area contributed by atoms with Crippen molar-refractivity contribution in [2.24, 2.45) is 35.5 Å². The molecule has 2 saturated heterocycles. The minimum atomic E-state index is -0.405. The van der Waals surface area contributed by atoms with Crippen molar-refractivity contribution in [1.82, 2.24) is 0 Å². The van der Waals surface area contributed by atoms with E-state index in [0.717, 1.165) is 64.4 Å². The van der Waals surface area contributed by atoms with Crippen LogP contribution in [0.5, 0.6) is 0 Å². The molecule has 6 aliphatic rings. The first-order valence-corrected chi connectivity index (χ1v) is 19.4. The van der Waals surface area contributed by atoms with Crippen molar-refractivity contribution in [2.45, 2.75) is 173 Å². The quantitative estimate of drug-likeness (QED) is 0.205. The number of carbonyl (C=O) groups excluding carboxylic acids is 1. The highest BCUT2D eigenvalue weighted by molar-refractivity contribution is 5.50. The first-order valence-electron chi connectivity index (χ1n) is 19.4. The monoisotopic (exact) mass is 674 g/mol. The van der Waals surface area contributed by atoms with Gasteiger partial charge in [-0.3, -0.25) is 0 Å². The molecule has 2 spiro atoms. The van der Waals surface area contributed by atoms with Crippen molar-refractivity contribution >= 4 is 6.29 Å². The van der Waals surface area contributed by atoms with Crippen LogP contribution in [0.25, 0.3) is 0 Å². The van der Waals surface area contributed by atoms with Crippen LogP contribution in [-0.4, -0.2) is 72.8 Å². The SMILES string of the molecule is CC(C)[C@@H]1CC[C@@H](C)CC12OCC[C@@H](C[C@H]1CC(O)C=CO1)O2.CC(C)[C@@H]1CC[C@@H](C)CC12OCC[C@@H](C[C@H]1CC=C[C@@H](CC=O)O1)O2. The van der Waals surface area contributed by atoms with Gasteiger partial charge in [-0.2, -0.15) is 0 Å². The fourth-order valence-corrected chi connectivity index (χ4v) is 9.44. The van der Waals surface area contributed by atoms with E-state index in [4.69, 9.17) is 28.4 Å². The molecule has 2 aliphatic carbocycles. The zero-order valence-electron chi connectivity index (χ0n) is 30.7. The van der Waals surface area contributed by atoms with Gasteiger partial charge in [0.2, 0.25) is 0 Å². The normalized spacial score (nSPS) is 43.2. The average Bonchev–Trinajstić information content (AvgIpc) is 3.01. The molecule has 1 N–H and O–H groups in total. The number of carbonyl (C=O) groups is 1. The first-order chi connectivity index (χ1) is 23.0. The molecular formula is C40H66O8. The second-order valence-corrected chi connectivity index (χ2v) is 16.6. The third-order valence-corrected chi connectivity index (χ3v) is 11.8. The van der Waals surface area contributed by atoms with Crippen molar-refractivity contribution in [2.75, 3.05) is 13.2 Å². The summed E-state index contributed by atoms with van der Waals surface area (Å²) in [7, 11) is 0. The van der Waals surface area contributed by atoms with E-state index >= 15 is 0 Å². The number of aliphatic hydroxyl groups excluding tert-OH is 1.